The smallest absolute Gasteiger partial charge is 0.0449 e. The van der Waals surface area contributed by atoms with Crippen molar-refractivity contribution in [1.82, 2.24) is 10.2 Å². The number of benzene rings is 1. The first-order chi connectivity index (χ1) is 10.2. The predicted octanol–water partition coefficient (Wildman–Crippen LogP) is 4.16. The minimum absolute atomic E-state index is 0.453. The molecule has 0 aliphatic carbocycles. The lowest BCUT2D eigenvalue weighted by Gasteiger charge is -2.27. The highest BCUT2D eigenvalue weighted by atomic mass is 15.1. The molecule has 2 atom stereocenters. The summed E-state index contributed by atoms with van der Waals surface area (Å²) in [6, 6.07) is 9.24. The number of aryl methyl sites for hydroxylation is 1. The zero-order valence-electron chi connectivity index (χ0n) is 14.1. The molecule has 1 aromatic carbocycles. The van der Waals surface area contributed by atoms with Crippen LogP contribution in [0.5, 0.6) is 0 Å². The zero-order valence-corrected chi connectivity index (χ0v) is 14.1. The summed E-state index contributed by atoms with van der Waals surface area (Å²) in [4.78, 5) is 2.67. The summed E-state index contributed by atoms with van der Waals surface area (Å²) in [5.41, 5.74) is 2.85. The van der Waals surface area contributed by atoms with Gasteiger partial charge in [-0.1, -0.05) is 44.0 Å². The minimum atomic E-state index is 0.453. The van der Waals surface area contributed by atoms with Gasteiger partial charge >= 0.3 is 0 Å². The van der Waals surface area contributed by atoms with E-state index in [4.69, 9.17) is 0 Å². The quantitative estimate of drug-likeness (QED) is 0.845. The Morgan fingerprint density at radius 1 is 1.24 bits per heavy atom. The Balaban J connectivity index is 1.94. The van der Waals surface area contributed by atoms with Gasteiger partial charge < -0.3 is 10.2 Å². The van der Waals surface area contributed by atoms with E-state index in [0.717, 1.165) is 12.5 Å². The van der Waals surface area contributed by atoms with Crippen molar-refractivity contribution < 1.29 is 0 Å². The molecule has 2 heteroatoms. The van der Waals surface area contributed by atoms with Gasteiger partial charge in [-0.2, -0.15) is 0 Å². The Bertz CT molecular complexity index is 416. The Hall–Kier alpha value is -0.860. The van der Waals surface area contributed by atoms with Gasteiger partial charge in [-0.25, -0.2) is 0 Å². The lowest BCUT2D eigenvalue weighted by molar-refractivity contribution is 0.251. The molecule has 118 valence electrons. The number of likely N-dealkylation sites (N-methyl/N-ethyl adjacent to an activating group) is 1. The maximum Gasteiger partial charge on any atom is 0.0449 e. The fourth-order valence-electron chi connectivity index (χ4n) is 3.69. The molecule has 2 nitrogen and oxygen atoms in total. The summed E-state index contributed by atoms with van der Waals surface area (Å²) in [6.07, 6.45) is 6.94. The number of hydrogen-bond acceptors (Lipinski definition) is 2. The fourth-order valence-corrected chi connectivity index (χ4v) is 3.69. The summed E-state index contributed by atoms with van der Waals surface area (Å²) < 4.78 is 0. The molecule has 1 aliphatic rings. The zero-order chi connectivity index (χ0) is 15.1. The largest absolute Gasteiger partial charge is 0.312 e. The van der Waals surface area contributed by atoms with Crippen molar-refractivity contribution in [3.63, 3.8) is 0 Å². The molecule has 1 aromatic rings. The lowest BCUT2D eigenvalue weighted by Crippen LogP contribution is -2.35. The molecule has 0 amide bonds. The van der Waals surface area contributed by atoms with Gasteiger partial charge in [0, 0.05) is 12.6 Å². The van der Waals surface area contributed by atoms with Crippen molar-refractivity contribution in [2.24, 2.45) is 5.92 Å². The number of nitrogens with one attached hydrogen (secondary N) is 1. The van der Waals surface area contributed by atoms with Crippen LogP contribution in [-0.4, -0.2) is 31.6 Å². The predicted molar refractivity (Wildman–Crippen MR) is 91.7 cm³/mol. The highest BCUT2D eigenvalue weighted by Gasteiger charge is 2.20. The first kappa shape index (κ1) is 16.5. The third kappa shape index (κ3) is 4.82. The van der Waals surface area contributed by atoms with Crippen molar-refractivity contribution in [3.05, 3.63) is 35.4 Å². The number of rotatable bonds is 6. The molecule has 21 heavy (non-hydrogen) atoms. The van der Waals surface area contributed by atoms with Crippen molar-refractivity contribution in [1.29, 1.82) is 0 Å². The van der Waals surface area contributed by atoms with E-state index >= 15 is 0 Å². The Kier molecular flexibility index (Phi) is 6.72. The molecule has 0 saturated carbocycles. The van der Waals surface area contributed by atoms with Crippen LogP contribution in [0.1, 0.15) is 56.2 Å². The van der Waals surface area contributed by atoms with Gasteiger partial charge in [0.25, 0.3) is 0 Å². The molecule has 0 spiro atoms. The van der Waals surface area contributed by atoms with Gasteiger partial charge in [-0.05, 0) is 63.4 Å². The second kappa shape index (κ2) is 8.55. The summed E-state index contributed by atoms with van der Waals surface area (Å²) in [5, 5.41) is 3.52. The topological polar surface area (TPSA) is 15.3 Å². The molecule has 0 bridgehead atoms. The van der Waals surface area contributed by atoms with Gasteiger partial charge in [0.15, 0.2) is 0 Å². The third-order valence-corrected chi connectivity index (χ3v) is 4.99. The Morgan fingerprint density at radius 3 is 2.76 bits per heavy atom. The van der Waals surface area contributed by atoms with Crippen LogP contribution in [-0.2, 0) is 0 Å². The SMILES string of the molecule is CCCC1CCCN(CC(NC)c2ccccc2C)CC1. The van der Waals surface area contributed by atoms with Crippen LogP contribution in [0.15, 0.2) is 24.3 Å². The van der Waals surface area contributed by atoms with Crippen molar-refractivity contribution in [2.75, 3.05) is 26.7 Å². The number of nitrogens with zero attached hydrogens (tertiary/aromatic N) is 1. The van der Waals surface area contributed by atoms with Crippen molar-refractivity contribution in [2.45, 2.75) is 52.0 Å². The Labute approximate surface area is 130 Å². The Morgan fingerprint density at radius 2 is 2.05 bits per heavy atom. The molecule has 1 heterocycles. The van der Waals surface area contributed by atoms with Crippen LogP contribution in [0, 0.1) is 12.8 Å². The summed E-state index contributed by atoms with van der Waals surface area (Å²) in [6.45, 7) is 8.22. The van der Waals surface area contributed by atoms with Crippen molar-refractivity contribution in [3.8, 4) is 0 Å². The number of likely N-dealkylation sites (tertiary alicyclic amines) is 1. The molecular weight excluding hydrogens is 256 g/mol. The molecule has 1 N–H and O–H groups in total. The van der Waals surface area contributed by atoms with E-state index in [1.54, 1.807) is 0 Å². The van der Waals surface area contributed by atoms with Crippen LogP contribution < -0.4 is 5.32 Å². The third-order valence-electron chi connectivity index (χ3n) is 4.99. The molecule has 0 aromatic heterocycles. The van der Waals surface area contributed by atoms with Gasteiger partial charge in [-0.3, -0.25) is 0 Å². The molecular formula is C19H32N2. The van der Waals surface area contributed by atoms with Crippen LogP contribution in [0.3, 0.4) is 0 Å². The second-order valence-corrected chi connectivity index (χ2v) is 6.58. The molecule has 1 saturated heterocycles. The van der Waals surface area contributed by atoms with E-state index in [9.17, 15) is 0 Å². The van der Waals surface area contributed by atoms with E-state index in [1.165, 1.54) is 56.3 Å². The minimum Gasteiger partial charge on any atom is -0.312 e. The van der Waals surface area contributed by atoms with Crippen LogP contribution >= 0.6 is 0 Å². The fraction of sp³-hybridized carbons (Fsp3) is 0.684. The van der Waals surface area contributed by atoms with Crippen LogP contribution in [0.25, 0.3) is 0 Å². The van der Waals surface area contributed by atoms with E-state index in [2.05, 4.69) is 55.4 Å². The monoisotopic (exact) mass is 288 g/mol. The van der Waals surface area contributed by atoms with Gasteiger partial charge in [0.05, 0.1) is 0 Å². The highest BCUT2D eigenvalue weighted by molar-refractivity contribution is 5.28. The summed E-state index contributed by atoms with van der Waals surface area (Å²) >= 11 is 0. The highest BCUT2D eigenvalue weighted by Crippen LogP contribution is 2.24. The van der Waals surface area contributed by atoms with Crippen LogP contribution in [0.4, 0.5) is 0 Å². The van der Waals surface area contributed by atoms with Gasteiger partial charge in [0.2, 0.25) is 0 Å². The molecule has 1 fully saturated rings. The van der Waals surface area contributed by atoms with Gasteiger partial charge in [0.1, 0.15) is 0 Å². The lowest BCUT2D eigenvalue weighted by atomic mass is 9.96. The van der Waals surface area contributed by atoms with Gasteiger partial charge in [-0.15, -0.1) is 0 Å². The first-order valence-electron chi connectivity index (χ1n) is 8.69. The summed E-state index contributed by atoms with van der Waals surface area (Å²) in [7, 11) is 2.09. The molecule has 1 aliphatic heterocycles. The van der Waals surface area contributed by atoms with E-state index in [0.29, 0.717) is 6.04 Å². The van der Waals surface area contributed by atoms with E-state index in [-0.39, 0.29) is 0 Å². The summed E-state index contributed by atoms with van der Waals surface area (Å²) in [5.74, 6) is 0.964. The molecule has 0 radical (unpaired) electrons. The van der Waals surface area contributed by atoms with Crippen LogP contribution in [0.2, 0.25) is 0 Å². The average molecular weight is 288 g/mol. The average Bonchev–Trinajstić information content (AvgIpc) is 2.71. The molecule has 2 rings (SSSR count). The maximum absolute atomic E-state index is 3.52. The van der Waals surface area contributed by atoms with Crippen molar-refractivity contribution >= 4 is 0 Å². The maximum atomic E-state index is 3.52. The number of hydrogen-bond donors (Lipinski definition) is 1. The molecule has 2 unspecified atom stereocenters. The standard InChI is InChI=1S/C19H32N2/c1-4-8-17-10-7-13-21(14-12-17)15-19(20-3)18-11-6-5-9-16(18)2/h5-6,9,11,17,19-20H,4,7-8,10,12-15H2,1-3H3. The first-order valence-corrected chi connectivity index (χ1v) is 8.69. The second-order valence-electron chi connectivity index (χ2n) is 6.58. The normalized spacial score (nSPS) is 22.0. The van der Waals surface area contributed by atoms with E-state index < -0.39 is 0 Å². The van der Waals surface area contributed by atoms with E-state index in [1.807, 2.05) is 0 Å².